The van der Waals surface area contributed by atoms with Gasteiger partial charge < -0.3 is 9.47 Å². The van der Waals surface area contributed by atoms with Crippen LogP contribution < -0.4 is 9.47 Å². The molecule has 9 heteroatoms. The molecule has 0 aromatic heterocycles. The van der Waals surface area contributed by atoms with Gasteiger partial charge in [-0.1, -0.05) is 11.6 Å². The number of halogens is 1. The van der Waals surface area contributed by atoms with Crippen LogP contribution in [0.1, 0.15) is 5.56 Å². The van der Waals surface area contributed by atoms with Crippen molar-refractivity contribution in [2.45, 2.75) is 0 Å². The Kier molecular flexibility index (Phi) is 5.60. The molecular formula is C19H15ClN2O6. The van der Waals surface area contributed by atoms with E-state index in [4.69, 9.17) is 21.1 Å². The van der Waals surface area contributed by atoms with Gasteiger partial charge in [-0.15, -0.1) is 0 Å². The molecule has 1 heterocycles. The number of benzene rings is 2. The van der Waals surface area contributed by atoms with Gasteiger partial charge in [-0.05, 0) is 42.0 Å². The fourth-order valence-corrected chi connectivity index (χ4v) is 2.97. The molecule has 1 aliphatic rings. The fraction of sp³-hybridized carbons (Fsp3) is 0.158. The number of rotatable bonds is 7. The van der Waals surface area contributed by atoms with Gasteiger partial charge in [-0.3, -0.25) is 24.6 Å². The van der Waals surface area contributed by atoms with E-state index in [1.807, 2.05) is 0 Å². The average Bonchev–Trinajstić information content (AvgIpc) is 2.91. The summed E-state index contributed by atoms with van der Waals surface area (Å²) in [6, 6.07) is 12.1. The second-order valence-corrected chi connectivity index (χ2v) is 6.16. The molecule has 0 unspecified atom stereocenters. The Balaban J connectivity index is 1.67. The van der Waals surface area contributed by atoms with Crippen LogP contribution in [0.4, 0.5) is 5.69 Å². The van der Waals surface area contributed by atoms with Crippen molar-refractivity contribution in [1.82, 2.24) is 4.90 Å². The first kappa shape index (κ1) is 19.4. The predicted octanol–water partition coefficient (Wildman–Crippen LogP) is 3.00. The molecule has 3 rings (SSSR count). The zero-order valence-electron chi connectivity index (χ0n) is 14.8. The van der Waals surface area contributed by atoms with Gasteiger partial charge in [0.25, 0.3) is 17.5 Å². The minimum Gasteiger partial charge on any atom is -0.497 e. The summed E-state index contributed by atoms with van der Waals surface area (Å²) in [4.78, 5) is 36.2. The van der Waals surface area contributed by atoms with Crippen molar-refractivity contribution in [3.8, 4) is 11.5 Å². The zero-order valence-corrected chi connectivity index (χ0v) is 15.5. The van der Waals surface area contributed by atoms with Gasteiger partial charge in [0, 0.05) is 12.1 Å². The molecule has 0 aliphatic carbocycles. The molecule has 28 heavy (non-hydrogen) atoms. The van der Waals surface area contributed by atoms with E-state index in [-0.39, 0.29) is 29.4 Å². The Morgan fingerprint density at radius 1 is 1.00 bits per heavy atom. The van der Waals surface area contributed by atoms with Crippen LogP contribution >= 0.6 is 11.6 Å². The molecule has 0 saturated carbocycles. The molecule has 1 aliphatic heterocycles. The quantitative estimate of drug-likeness (QED) is 0.401. The van der Waals surface area contributed by atoms with Crippen LogP contribution in [0.3, 0.4) is 0 Å². The van der Waals surface area contributed by atoms with E-state index >= 15 is 0 Å². The Hall–Kier alpha value is -3.39. The van der Waals surface area contributed by atoms with Gasteiger partial charge in [-0.2, -0.15) is 0 Å². The third-order valence-corrected chi connectivity index (χ3v) is 4.47. The lowest BCUT2D eigenvalue weighted by atomic mass is 10.1. The van der Waals surface area contributed by atoms with E-state index in [2.05, 4.69) is 0 Å². The first-order valence-corrected chi connectivity index (χ1v) is 8.58. The second kappa shape index (κ2) is 8.10. The highest BCUT2D eigenvalue weighted by Crippen LogP contribution is 2.32. The standard InChI is InChI=1S/C19H15ClN2O6/c1-27-14-6-8-15(9-7-14)28-11-10-21-18(23)16(17(20)19(21)24)12-2-4-13(5-3-12)22(25)26/h2-9H,10-11H2,1H3. The minimum absolute atomic E-state index is 0.0103. The lowest BCUT2D eigenvalue weighted by Crippen LogP contribution is -2.35. The number of amides is 2. The number of nitro benzene ring substituents is 1. The largest absolute Gasteiger partial charge is 0.497 e. The summed E-state index contributed by atoms with van der Waals surface area (Å²) in [6.07, 6.45) is 0. The van der Waals surface area contributed by atoms with Crippen LogP contribution in [0.2, 0.25) is 0 Å². The molecule has 0 spiro atoms. The summed E-state index contributed by atoms with van der Waals surface area (Å²) in [6.45, 7) is 0.0952. The lowest BCUT2D eigenvalue weighted by Gasteiger charge is -2.15. The maximum Gasteiger partial charge on any atom is 0.273 e. The highest BCUT2D eigenvalue weighted by atomic mass is 35.5. The smallest absolute Gasteiger partial charge is 0.273 e. The van der Waals surface area contributed by atoms with E-state index in [0.29, 0.717) is 17.1 Å². The van der Waals surface area contributed by atoms with Gasteiger partial charge >= 0.3 is 0 Å². The van der Waals surface area contributed by atoms with Crippen LogP contribution in [0.15, 0.2) is 53.6 Å². The Morgan fingerprint density at radius 2 is 1.61 bits per heavy atom. The number of imide groups is 1. The fourth-order valence-electron chi connectivity index (χ4n) is 2.68. The Morgan fingerprint density at radius 3 is 2.18 bits per heavy atom. The maximum atomic E-state index is 12.6. The molecule has 0 bridgehead atoms. The minimum atomic E-state index is -0.627. The maximum absolute atomic E-state index is 12.6. The molecule has 144 valence electrons. The van der Waals surface area contributed by atoms with Crippen molar-refractivity contribution in [2.24, 2.45) is 0 Å². The number of hydrogen-bond donors (Lipinski definition) is 0. The van der Waals surface area contributed by atoms with Crippen molar-refractivity contribution in [2.75, 3.05) is 20.3 Å². The summed E-state index contributed by atoms with van der Waals surface area (Å²) in [5.41, 5.74) is 0.237. The molecule has 8 nitrogen and oxygen atoms in total. The van der Waals surface area contributed by atoms with E-state index in [9.17, 15) is 19.7 Å². The molecule has 2 aromatic rings. The zero-order chi connectivity index (χ0) is 20.3. The topological polar surface area (TPSA) is 99.0 Å². The van der Waals surface area contributed by atoms with E-state index in [0.717, 1.165) is 4.90 Å². The third kappa shape index (κ3) is 3.81. The van der Waals surface area contributed by atoms with Crippen LogP contribution in [0, 0.1) is 10.1 Å². The number of hydrogen-bond acceptors (Lipinski definition) is 6. The van der Waals surface area contributed by atoms with Gasteiger partial charge in [0.2, 0.25) is 0 Å². The first-order chi connectivity index (χ1) is 13.4. The highest BCUT2D eigenvalue weighted by Gasteiger charge is 2.38. The van der Waals surface area contributed by atoms with E-state index in [1.165, 1.54) is 24.3 Å². The van der Waals surface area contributed by atoms with Gasteiger partial charge in [-0.25, -0.2) is 0 Å². The van der Waals surface area contributed by atoms with Crippen LogP contribution in [-0.2, 0) is 9.59 Å². The summed E-state index contributed by atoms with van der Waals surface area (Å²) >= 11 is 6.06. The monoisotopic (exact) mass is 402 g/mol. The van der Waals surface area contributed by atoms with Crippen LogP contribution in [0.25, 0.3) is 5.57 Å². The number of carbonyl (C=O) groups is 2. The molecule has 0 saturated heterocycles. The number of nitro groups is 1. The summed E-state index contributed by atoms with van der Waals surface area (Å²) in [7, 11) is 1.56. The van der Waals surface area contributed by atoms with Crippen molar-refractivity contribution < 1.29 is 24.0 Å². The number of methoxy groups -OCH3 is 1. The van der Waals surface area contributed by atoms with Gasteiger partial charge in [0.15, 0.2) is 0 Å². The molecule has 2 aromatic carbocycles. The van der Waals surface area contributed by atoms with Crippen molar-refractivity contribution in [3.05, 3.63) is 69.2 Å². The highest BCUT2D eigenvalue weighted by molar-refractivity contribution is 6.55. The number of nitrogens with zero attached hydrogens (tertiary/aromatic N) is 2. The van der Waals surface area contributed by atoms with Crippen LogP contribution in [-0.4, -0.2) is 41.9 Å². The van der Waals surface area contributed by atoms with E-state index < -0.39 is 16.7 Å². The van der Waals surface area contributed by atoms with E-state index in [1.54, 1.807) is 31.4 Å². The Labute approximate surface area is 165 Å². The molecule has 0 N–H and O–H groups in total. The normalized spacial score (nSPS) is 13.9. The average molecular weight is 403 g/mol. The predicted molar refractivity (Wildman–Crippen MR) is 101 cm³/mol. The molecule has 0 atom stereocenters. The summed E-state index contributed by atoms with van der Waals surface area (Å²) in [5, 5.41) is 10.5. The number of carbonyl (C=O) groups excluding carboxylic acids is 2. The van der Waals surface area contributed by atoms with Gasteiger partial charge in [0.05, 0.1) is 24.2 Å². The molecule has 2 amide bonds. The van der Waals surface area contributed by atoms with Crippen molar-refractivity contribution in [3.63, 3.8) is 0 Å². The first-order valence-electron chi connectivity index (χ1n) is 8.20. The van der Waals surface area contributed by atoms with Gasteiger partial charge in [0.1, 0.15) is 23.1 Å². The van der Waals surface area contributed by atoms with Crippen LogP contribution in [0.5, 0.6) is 11.5 Å². The SMILES string of the molecule is COc1ccc(OCCN2C(=O)C(Cl)=C(c3ccc([N+](=O)[O-])cc3)C2=O)cc1. The third-order valence-electron chi connectivity index (χ3n) is 4.12. The van der Waals surface area contributed by atoms with Crippen molar-refractivity contribution in [1.29, 1.82) is 0 Å². The number of ether oxygens (including phenoxy) is 2. The Bertz CT molecular complexity index is 953. The summed E-state index contributed by atoms with van der Waals surface area (Å²) in [5.74, 6) is 0.0519. The number of non-ortho nitro benzene ring substituents is 1. The molecular weight excluding hydrogens is 388 g/mol. The second-order valence-electron chi connectivity index (χ2n) is 5.78. The molecule has 0 radical (unpaired) electrons. The molecule has 0 fully saturated rings. The van der Waals surface area contributed by atoms with Crippen molar-refractivity contribution >= 4 is 34.7 Å². The lowest BCUT2D eigenvalue weighted by molar-refractivity contribution is -0.384. The summed E-state index contributed by atoms with van der Waals surface area (Å²) < 4.78 is 10.6.